The van der Waals surface area contributed by atoms with Crippen molar-refractivity contribution < 1.29 is 19.1 Å². The van der Waals surface area contributed by atoms with E-state index in [1.165, 1.54) is 0 Å². The summed E-state index contributed by atoms with van der Waals surface area (Å²) in [5, 5.41) is 0.676. The molecule has 2 amide bonds. The van der Waals surface area contributed by atoms with Gasteiger partial charge in [0.15, 0.2) is 11.5 Å². The number of piperazine rings is 1. The van der Waals surface area contributed by atoms with Crippen LogP contribution in [0.5, 0.6) is 11.5 Å². The Bertz CT molecular complexity index is 922. The molecule has 0 N–H and O–H groups in total. The lowest BCUT2D eigenvalue weighted by molar-refractivity contribution is -0.132. The van der Waals surface area contributed by atoms with Crippen LogP contribution in [-0.2, 0) is 11.4 Å². The normalized spacial score (nSPS) is 13.9. The van der Waals surface area contributed by atoms with E-state index in [0.29, 0.717) is 67.2 Å². The molecule has 0 unspecified atom stereocenters. The fourth-order valence-corrected chi connectivity index (χ4v) is 3.70. The fourth-order valence-electron chi connectivity index (χ4n) is 3.57. The summed E-state index contributed by atoms with van der Waals surface area (Å²) in [4.78, 5) is 29.0. The largest absolute Gasteiger partial charge is 0.493 e. The third kappa shape index (κ3) is 6.39. The molecule has 0 bridgehead atoms. The molecule has 2 aromatic carbocycles. The van der Waals surface area contributed by atoms with E-state index in [-0.39, 0.29) is 11.8 Å². The number of nitrogens with zero attached hydrogens (tertiary/aromatic N) is 2. The lowest BCUT2D eigenvalue weighted by Gasteiger charge is -2.35. The van der Waals surface area contributed by atoms with Crippen LogP contribution in [0.2, 0.25) is 5.02 Å². The maximum atomic E-state index is 13.0. The first kappa shape index (κ1) is 23.9. The summed E-state index contributed by atoms with van der Waals surface area (Å²) < 4.78 is 11.3. The van der Waals surface area contributed by atoms with Crippen molar-refractivity contribution in [2.45, 2.75) is 33.3 Å². The molecule has 3 rings (SSSR count). The number of carbonyl (C=O) groups is 2. The van der Waals surface area contributed by atoms with Gasteiger partial charge in [-0.05, 0) is 48.2 Å². The highest BCUT2D eigenvalue weighted by atomic mass is 35.5. The second-order valence-corrected chi connectivity index (χ2v) is 8.82. The molecule has 32 heavy (non-hydrogen) atoms. The van der Waals surface area contributed by atoms with Crippen molar-refractivity contribution in [3.8, 4) is 11.5 Å². The Kier molecular flexibility index (Phi) is 8.39. The van der Waals surface area contributed by atoms with Crippen molar-refractivity contribution >= 4 is 23.4 Å². The monoisotopic (exact) mass is 458 g/mol. The summed E-state index contributed by atoms with van der Waals surface area (Å²) in [5.74, 6) is 1.69. The minimum atomic E-state index is -0.0677. The van der Waals surface area contributed by atoms with Gasteiger partial charge >= 0.3 is 0 Å². The van der Waals surface area contributed by atoms with Gasteiger partial charge in [0.1, 0.15) is 6.61 Å². The van der Waals surface area contributed by atoms with E-state index in [0.717, 1.165) is 12.0 Å². The Morgan fingerprint density at radius 3 is 2.25 bits per heavy atom. The summed E-state index contributed by atoms with van der Waals surface area (Å²) in [5.41, 5.74) is 1.53. The molecule has 2 aromatic rings. The van der Waals surface area contributed by atoms with E-state index in [4.69, 9.17) is 21.1 Å². The Labute approximate surface area is 195 Å². The molecule has 1 aliphatic rings. The zero-order valence-corrected chi connectivity index (χ0v) is 19.7. The fraction of sp³-hybridized carbons (Fsp3) is 0.440. The van der Waals surface area contributed by atoms with Gasteiger partial charge in [0.05, 0.1) is 7.11 Å². The summed E-state index contributed by atoms with van der Waals surface area (Å²) >= 11 is 5.92. The predicted molar refractivity (Wildman–Crippen MR) is 125 cm³/mol. The van der Waals surface area contributed by atoms with Crippen molar-refractivity contribution in [2.24, 2.45) is 5.92 Å². The molecule has 0 aromatic heterocycles. The zero-order chi connectivity index (χ0) is 23.1. The summed E-state index contributed by atoms with van der Waals surface area (Å²) in [6.45, 7) is 6.81. The van der Waals surface area contributed by atoms with Gasteiger partial charge in [0, 0.05) is 43.2 Å². The number of hydrogen-bond acceptors (Lipinski definition) is 4. The molecule has 0 atom stereocenters. The van der Waals surface area contributed by atoms with Crippen LogP contribution < -0.4 is 9.47 Å². The van der Waals surface area contributed by atoms with Gasteiger partial charge in [0.25, 0.3) is 5.91 Å². The number of ether oxygens (including phenoxy) is 2. The van der Waals surface area contributed by atoms with Gasteiger partial charge in [-0.1, -0.05) is 37.6 Å². The van der Waals surface area contributed by atoms with Crippen molar-refractivity contribution in [3.05, 3.63) is 58.6 Å². The molecule has 1 saturated heterocycles. The quantitative estimate of drug-likeness (QED) is 0.577. The van der Waals surface area contributed by atoms with Crippen molar-refractivity contribution in [1.29, 1.82) is 0 Å². The first-order chi connectivity index (χ1) is 15.4. The number of benzene rings is 2. The molecule has 1 aliphatic heterocycles. The van der Waals surface area contributed by atoms with Gasteiger partial charge < -0.3 is 19.3 Å². The molecule has 1 fully saturated rings. The summed E-state index contributed by atoms with van der Waals surface area (Å²) in [6, 6.07) is 12.7. The highest BCUT2D eigenvalue weighted by Gasteiger charge is 2.25. The highest BCUT2D eigenvalue weighted by molar-refractivity contribution is 6.30. The number of rotatable bonds is 8. The first-order valence-electron chi connectivity index (χ1n) is 11.0. The van der Waals surface area contributed by atoms with Crippen LogP contribution in [-0.4, -0.2) is 54.9 Å². The maximum Gasteiger partial charge on any atom is 0.254 e. The lowest BCUT2D eigenvalue weighted by atomic mass is 10.1. The number of carbonyl (C=O) groups excluding carboxylic acids is 2. The topological polar surface area (TPSA) is 59.1 Å². The van der Waals surface area contributed by atoms with Gasteiger partial charge in [-0.3, -0.25) is 9.59 Å². The molecule has 172 valence electrons. The van der Waals surface area contributed by atoms with E-state index in [1.54, 1.807) is 30.2 Å². The molecular weight excluding hydrogens is 428 g/mol. The molecule has 0 radical (unpaired) electrons. The van der Waals surface area contributed by atoms with E-state index >= 15 is 0 Å². The van der Waals surface area contributed by atoms with Crippen LogP contribution in [0.25, 0.3) is 0 Å². The lowest BCUT2D eigenvalue weighted by Crippen LogP contribution is -2.50. The van der Waals surface area contributed by atoms with Crippen LogP contribution in [0.1, 0.15) is 42.6 Å². The Hall–Kier alpha value is -2.73. The SMILES string of the molecule is COc1cc(C(=O)N2CCN(C(=O)CCC(C)C)CC2)ccc1OCc1ccc(Cl)cc1. The van der Waals surface area contributed by atoms with Gasteiger partial charge in [0.2, 0.25) is 5.91 Å². The van der Waals surface area contributed by atoms with Crippen LogP contribution in [0.15, 0.2) is 42.5 Å². The van der Waals surface area contributed by atoms with Crippen LogP contribution in [0.3, 0.4) is 0 Å². The standard InChI is InChI=1S/C25H31ClN2O4/c1-18(2)4-11-24(29)27-12-14-28(15-13-27)25(30)20-7-10-22(23(16-20)31-3)32-17-19-5-8-21(26)9-6-19/h5-10,16,18H,4,11-15,17H2,1-3H3. The first-order valence-corrected chi connectivity index (χ1v) is 11.4. The van der Waals surface area contributed by atoms with Crippen LogP contribution in [0.4, 0.5) is 0 Å². The number of halogens is 1. The number of methoxy groups -OCH3 is 1. The Morgan fingerprint density at radius 1 is 0.969 bits per heavy atom. The van der Waals surface area contributed by atoms with Gasteiger partial charge in [-0.2, -0.15) is 0 Å². The van der Waals surface area contributed by atoms with E-state index in [1.807, 2.05) is 29.2 Å². The maximum absolute atomic E-state index is 13.0. The number of hydrogen-bond donors (Lipinski definition) is 0. The predicted octanol–water partition coefficient (Wildman–Crippen LogP) is 4.65. The summed E-state index contributed by atoms with van der Waals surface area (Å²) in [6.07, 6.45) is 1.46. The van der Waals surface area contributed by atoms with Crippen LogP contribution in [0, 0.1) is 5.92 Å². The molecule has 0 aliphatic carbocycles. The van der Waals surface area contributed by atoms with Gasteiger partial charge in [-0.15, -0.1) is 0 Å². The Morgan fingerprint density at radius 2 is 1.62 bits per heavy atom. The van der Waals surface area contributed by atoms with E-state index < -0.39 is 0 Å². The highest BCUT2D eigenvalue weighted by Crippen LogP contribution is 2.29. The zero-order valence-electron chi connectivity index (χ0n) is 19.0. The number of amides is 2. The molecule has 6 nitrogen and oxygen atoms in total. The average molecular weight is 459 g/mol. The van der Waals surface area contributed by atoms with Crippen molar-refractivity contribution in [1.82, 2.24) is 9.80 Å². The van der Waals surface area contributed by atoms with Crippen LogP contribution >= 0.6 is 11.6 Å². The van der Waals surface area contributed by atoms with E-state index in [2.05, 4.69) is 13.8 Å². The van der Waals surface area contributed by atoms with Gasteiger partial charge in [-0.25, -0.2) is 0 Å². The smallest absolute Gasteiger partial charge is 0.254 e. The molecular formula is C25H31ClN2O4. The molecule has 0 spiro atoms. The Balaban J connectivity index is 1.57. The summed E-state index contributed by atoms with van der Waals surface area (Å²) in [7, 11) is 1.56. The molecule has 0 saturated carbocycles. The molecule has 1 heterocycles. The minimum absolute atomic E-state index is 0.0677. The second kappa shape index (κ2) is 11.2. The second-order valence-electron chi connectivity index (χ2n) is 8.39. The van der Waals surface area contributed by atoms with E-state index in [9.17, 15) is 9.59 Å². The van der Waals surface area contributed by atoms with Crippen molar-refractivity contribution in [3.63, 3.8) is 0 Å². The third-order valence-corrected chi connectivity index (χ3v) is 5.83. The molecule has 7 heteroatoms. The average Bonchev–Trinajstić information content (AvgIpc) is 2.81. The minimum Gasteiger partial charge on any atom is -0.493 e. The third-order valence-electron chi connectivity index (χ3n) is 5.57. The van der Waals surface area contributed by atoms with Crippen molar-refractivity contribution in [2.75, 3.05) is 33.3 Å².